The smallest absolute Gasteiger partial charge is 0.246 e. The van der Waals surface area contributed by atoms with Gasteiger partial charge in [-0.1, -0.05) is 18.2 Å². The molecule has 0 spiro atoms. The summed E-state index contributed by atoms with van der Waals surface area (Å²) in [7, 11) is -3.37. The number of para-hydroxylation sites is 1. The minimum Gasteiger partial charge on any atom is -0.294 e. The average molecular weight is 354 g/mol. The van der Waals surface area contributed by atoms with E-state index in [0.717, 1.165) is 49.1 Å². The van der Waals surface area contributed by atoms with Crippen LogP contribution in [0.4, 0.5) is 0 Å². The monoisotopic (exact) mass is 354 g/mol. The second kappa shape index (κ2) is 6.16. The normalized spacial score (nSPS) is 15.2. The zero-order valence-corrected chi connectivity index (χ0v) is 14.7. The quantitative estimate of drug-likeness (QED) is 0.670. The molecule has 1 aliphatic heterocycles. The Morgan fingerprint density at radius 3 is 2.84 bits per heavy atom. The molecule has 0 radical (unpaired) electrons. The van der Waals surface area contributed by atoms with Gasteiger partial charge in [0.1, 0.15) is 0 Å². The van der Waals surface area contributed by atoms with Crippen molar-refractivity contribution in [2.45, 2.75) is 24.7 Å². The van der Waals surface area contributed by atoms with E-state index in [1.54, 1.807) is 6.20 Å². The van der Waals surface area contributed by atoms with Crippen molar-refractivity contribution in [2.75, 3.05) is 12.8 Å². The van der Waals surface area contributed by atoms with Crippen molar-refractivity contribution in [3.63, 3.8) is 0 Å². The van der Waals surface area contributed by atoms with E-state index in [9.17, 15) is 8.42 Å². The van der Waals surface area contributed by atoms with E-state index in [1.165, 1.54) is 10.9 Å². The van der Waals surface area contributed by atoms with Crippen molar-refractivity contribution >= 4 is 20.7 Å². The van der Waals surface area contributed by atoms with Gasteiger partial charge < -0.3 is 0 Å². The van der Waals surface area contributed by atoms with Gasteiger partial charge in [-0.3, -0.25) is 9.88 Å². The molecule has 4 rings (SSSR count). The molecule has 1 aliphatic rings. The van der Waals surface area contributed by atoms with Gasteiger partial charge in [0, 0.05) is 55.7 Å². The van der Waals surface area contributed by atoms with Crippen LogP contribution in [0.5, 0.6) is 0 Å². The van der Waals surface area contributed by atoms with Crippen LogP contribution in [0, 0.1) is 0 Å². The number of rotatable bonds is 3. The van der Waals surface area contributed by atoms with Crippen molar-refractivity contribution in [1.82, 2.24) is 19.9 Å². The van der Waals surface area contributed by atoms with Gasteiger partial charge in [0.2, 0.25) is 15.0 Å². The third kappa shape index (κ3) is 3.25. The molecule has 0 fully saturated rings. The van der Waals surface area contributed by atoms with Gasteiger partial charge in [0.15, 0.2) is 0 Å². The zero-order chi connectivity index (χ0) is 17.4. The summed E-state index contributed by atoms with van der Waals surface area (Å²) >= 11 is 0. The number of pyridine rings is 1. The van der Waals surface area contributed by atoms with Crippen molar-refractivity contribution < 1.29 is 8.42 Å². The molecule has 0 N–H and O–H groups in total. The Kier molecular flexibility index (Phi) is 3.97. The molecule has 25 heavy (non-hydrogen) atoms. The van der Waals surface area contributed by atoms with Gasteiger partial charge in [-0.15, -0.1) is 0 Å². The zero-order valence-electron chi connectivity index (χ0n) is 13.9. The summed E-state index contributed by atoms with van der Waals surface area (Å²) in [5.41, 5.74) is 4.07. The molecule has 3 heterocycles. The lowest BCUT2D eigenvalue weighted by atomic mass is 10.0. The van der Waals surface area contributed by atoms with Crippen LogP contribution in [0.3, 0.4) is 0 Å². The van der Waals surface area contributed by atoms with Crippen LogP contribution in [0.1, 0.15) is 16.8 Å². The second-order valence-electron chi connectivity index (χ2n) is 6.34. The maximum atomic E-state index is 11.6. The van der Waals surface area contributed by atoms with Crippen molar-refractivity contribution in [3.05, 3.63) is 59.5 Å². The largest absolute Gasteiger partial charge is 0.294 e. The highest BCUT2D eigenvalue weighted by Crippen LogP contribution is 2.22. The van der Waals surface area contributed by atoms with Crippen molar-refractivity contribution in [2.24, 2.45) is 0 Å². The van der Waals surface area contributed by atoms with E-state index in [2.05, 4.69) is 32.0 Å². The topological polar surface area (TPSA) is 76.1 Å². The molecular weight excluding hydrogens is 336 g/mol. The number of hydrogen-bond acceptors (Lipinski definition) is 6. The standard InChI is InChI=1S/C18H18N4O2S/c1-25(23,24)18-20-10-14-12-22(9-7-16(14)21-18)11-13-6-8-19-17-5-3-2-4-15(13)17/h2-6,8,10H,7,9,11-12H2,1H3. The number of sulfone groups is 1. The molecule has 6 nitrogen and oxygen atoms in total. The summed E-state index contributed by atoms with van der Waals surface area (Å²) in [6.45, 7) is 2.37. The fraction of sp³-hybridized carbons (Fsp3) is 0.278. The number of nitrogens with zero attached hydrogens (tertiary/aromatic N) is 4. The van der Waals surface area contributed by atoms with E-state index < -0.39 is 9.84 Å². The molecule has 1 aromatic carbocycles. The van der Waals surface area contributed by atoms with Crippen molar-refractivity contribution in [1.29, 1.82) is 0 Å². The fourth-order valence-corrected chi connectivity index (χ4v) is 3.72. The third-order valence-corrected chi connectivity index (χ3v) is 5.32. The third-order valence-electron chi connectivity index (χ3n) is 4.46. The maximum absolute atomic E-state index is 11.6. The average Bonchev–Trinajstić information content (AvgIpc) is 2.61. The summed E-state index contributed by atoms with van der Waals surface area (Å²) in [5.74, 6) is 0. The number of benzene rings is 1. The fourth-order valence-electron chi connectivity index (χ4n) is 3.20. The Morgan fingerprint density at radius 2 is 2.00 bits per heavy atom. The molecule has 0 atom stereocenters. The highest BCUT2D eigenvalue weighted by molar-refractivity contribution is 7.90. The summed E-state index contributed by atoms with van der Waals surface area (Å²) in [5, 5.41) is 1.08. The highest BCUT2D eigenvalue weighted by Gasteiger charge is 2.21. The Balaban J connectivity index is 1.58. The minimum absolute atomic E-state index is 0.0835. The first-order valence-electron chi connectivity index (χ1n) is 8.10. The SMILES string of the molecule is CS(=O)(=O)c1ncc2c(n1)CCN(Cc1ccnc3ccccc13)C2. The van der Waals surface area contributed by atoms with Gasteiger partial charge in [-0.2, -0.15) is 0 Å². The highest BCUT2D eigenvalue weighted by atomic mass is 32.2. The first kappa shape index (κ1) is 16.1. The molecule has 0 bridgehead atoms. The van der Waals surface area contributed by atoms with Crippen LogP contribution < -0.4 is 0 Å². The number of aromatic nitrogens is 3. The van der Waals surface area contributed by atoms with Crippen LogP contribution in [0.25, 0.3) is 10.9 Å². The molecule has 0 aliphatic carbocycles. The molecule has 128 valence electrons. The first-order chi connectivity index (χ1) is 12.0. The van der Waals surface area contributed by atoms with Crippen LogP contribution in [-0.4, -0.2) is 41.1 Å². The van der Waals surface area contributed by atoms with E-state index >= 15 is 0 Å². The van der Waals surface area contributed by atoms with Crippen LogP contribution in [0.15, 0.2) is 47.9 Å². The Bertz CT molecular complexity index is 1040. The van der Waals surface area contributed by atoms with Crippen LogP contribution >= 0.6 is 0 Å². The van der Waals surface area contributed by atoms with Gasteiger partial charge >= 0.3 is 0 Å². The van der Waals surface area contributed by atoms with E-state index in [1.807, 2.05) is 24.4 Å². The number of fused-ring (bicyclic) bond motifs is 2. The Morgan fingerprint density at radius 1 is 1.16 bits per heavy atom. The summed E-state index contributed by atoms with van der Waals surface area (Å²) in [6, 6.07) is 10.2. The molecule has 7 heteroatoms. The Labute approximate surface area is 146 Å². The molecule has 0 saturated carbocycles. The molecule has 0 unspecified atom stereocenters. The predicted octanol–water partition coefficient (Wildman–Crippen LogP) is 1.99. The van der Waals surface area contributed by atoms with Gasteiger partial charge in [-0.05, 0) is 17.7 Å². The van der Waals surface area contributed by atoms with Gasteiger partial charge in [0.25, 0.3) is 0 Å². The summed E-state index contributed by atoms with van der Waals surface area (Å²) < 4.78 is 23.2. The molecule has 0 amide bonds. The lowest BCUT2D eigenvalue weighted by Gasteiger charge is -2.28. The molecule has 0 saturated heterocycles. The number of hydrogen-bond donors (Lipinski definition) is 0. The summed E-state index contributed by atoms with van der Waals surface area (Å²) in [4.78, 5) is 15.0. The lowest BCUT2D eigenvalue weighted by Crippen LogP contribution is -2.31. The lowest BCUT2D eigenvalue weighted by molar-refractivity contribution is 0.243. The summed E-state index contributed by atoms with van der Waals surface area (Å²) in [6.07, 6.45) is 5.36. The molecule has 3 aromatic rings. The van der Waals surface area contributed by atoms with E-state index in [4.69, 9.17) is 0 Å². The van der Waals surface area contributed by atoms with Crippen LogP contribution in [0.2, 0.25) is 0 Å². The molecule has 2 aromatic heterocycles. The van der Waals surface area contributed by atoms with Crippen molar-refractivity contribution in [3.8, 4) is 0 Å². The van der Waals surface area contributed by atoms with E-state index in [-0.39, 0.29) is 5.16 Å². The first-order valence-corrected chi connectivity index (χ1v) is 10.00. The predicted molar refractivity (Wildman–Crippen MR) is 94.7 cm³/mol. The van der Waals surface area contributed by atoms with E-state index in [0.29, 0.717) is 0 Å². The minimum atomic E-state index is -3.37. The maximum Gasteiger partial charge on any atom is 0.246 e. The Hall–Kier alpha value is -2.38. The van der Waals surface area contributed by atoms with Gasteiger partial charge in [-0.25, -0.2) is 18.4 Å². The second-order valence-corrected chi connectivity index (χ2v) is 8.25. The van der Waals surface area contributed by atoms with Gasteiger partial charge in [0.05, 0.1) is 11.2 Å². The molecular formula is C18H18N4O2S. The van der Waals surface area contributed by atoms with Crippen LogP contribution in [-0.2, 0) is 29.3 Å².